The van der Waals surface area contributed by atoms with Crippen LogP contribution >= 0.6 is 0 Å². The molecule has 7 heteroatoms. The molecule has 1 heterocycles. The predicted octanol–water partition coefficient (Wildman–Crippen LogP) is 2.14. The minimum Gasteiger partial charge on any atom is -0.338 e. The van der Waals surface area contributed by atoms with Crippen molar-refractivity contribution in [2.45, 2.75) is 26.2 Å². The van der Waals surface area contributed by atoms with Gasteiger partial charge in [-0.15, -0.1) is 0 Å². The van der Waals surface area contributed by atoms with E-state index in [1.165, 1.54) is 18.2 Å². The third kappa shape index (κ3) is 3.30. The van der Waals surface area contributed by atoms with Crippen LogP contribution in [-0.2, 0) is 0 Å². The van der Waals surface area contributed by atoms with E-state index >= 15 is 0 Å². The van der Waals surface area contributed by atoms with E-state index in [9.17, 15) is 14.9 Å². The van der Waals surface area contributed by atoms with Crippen LogP contribution in [0.1, 0.15) is 36.5 Å². The number of nitro groups is 1. The highest BCUT2D eigenvalue weighted by molar-refractivity contribution is 5.99. The molecule has 0 aromatic heterocycles. The molecular weight excluding hydrogens is 272 g/mol. The molecule has 1 aromatic carbocycles. The maximum Gasteiger partial charge on any atom is 0.282 e. The van der Waals surface area contributed by atoms with E-state index in [0.717, 1.165) is 19.3 Å². The van der Waals surface area contributed by atoms with Crippen LogP contribution in [0.3, 0.4) is 0 Å². The quantitative estimate of drug-likeness (QED) is 0.492. The van der Waals surface area contributed by atoms with Crippen molar-refractivity contribution >= 4 is 17.3 Å². The molecule has 0 bridgehead atoms. The summed E-state index contributed by atoms with van der Waals surface area (Å²) in [6.07, 6.45) is 3.12. The standard InChI is InChI=1S/C14H20N4O3/c1-2-3-10-6-7-17(9-10)14(19)12-8-11(16-15)4-5-13(12)18(20)21/h4-5,8,10,16H,2-3,6-7,9,15H2,1H3. The van der Waals surface area contributed by atoms with Gasteiger partial charge in [0.1, 0.15) is 5.56 Å². The molecule has 1 saturated heterocycles. The second-order valence-corrected chi connectivity index (χ2v) is 5.33. The molecule has 0 spiro atoms. The Morgan fingerprint density at radius 3 is 2.95 bits per heavy atom. The zero-order valence-corrected chi connectivity index (χ0v) is 12.0. The van der Waals surface area contributed by atoms with Crippen molar-refractivity contribution in [1.82, 2.24) is 4.90 Å². The number of nitrogens with one attached hydrogen (secondary N) is 1. The molecular formula is C14H20N4O3. The van der Waals surface area contributed by atoms with Gasteiger partial charge in [0.25, 0.3) is 11.6 Å². The molecule has 1 aromatic rings. The SMILES string of the molecule is CCCC1CCN(C(=O)c2cc(NN)ccc2[N+](=O)[O-])C1. The van der Waals surface area contributed by atoms with Gasteiger partial charge in [0, 0.05) is 24.8 Å². The Labute approximate surface area is 123 Å². The first-order valence-electron chi connectivity index (χ1n) is 7.11. The van der Waals surface area contributed by atoms with E-state index in [-0.39, 0.29) is 17.2 Å². The zero-order chi connectivity index (χ0) is 15.4. The topological polar surface area (TPSA) is 102 Å². The zero-order valence-electron chi connectivity index (χ0n) is 12.0. The van der Waals surface area contributed by atoms with E-state index in [2.05, 4.69) is 12.3 Å². The molecule has 1 aliphatic heterocycles. The first-order valence-corrected chi connectivity index (χ1v) is 7.11. The van der Waals surface area contributed by atoms with Crippen LogP contribution in [0.15, 0.2) is 18.2 Å². The van der Waals surface area contributed by atoms with E-state index in [1.807, 2.05) is 0 Å². The van der Waals surface area contributed by atoms with Crippen LogP contribution in [0.5, 0.6) is 0 Å². The lowest BCUT2D eigenvalue weighted by molar-refractivity contribution is -0.385. The van der Waals surface area contributed by atoms with Gasteiger partial charge in [0.05, 0.1) is 4.92 Å². The lowest BCUT2D eigenvalue weighted by atomic mass is 10.0. The highest BCUT2D eigenvalue weighted by Crippen LogP contribution is 2.27. The Kier molecular flexibility index (Phi) is 4.74. The van der Waals surface area contributed by atoms with Crippen LogP contribution in [0, 0.1) is 16.0 Å². The van der Waals surface area contributed by atoms with E-state index in [4.69, 9.17) is 5.84 Å². The number of anilines is 1. The Morgan fingerprint density at radius 1 is 1.57 bits per heavy atom. The number of nitro benzene ring substituents is 1. The number of hydrazine groups is 1. The van der Waals surface area contributed by atoms with Gasteiger partial charge >= 0.3 is 0 Å². The first-order chi connectivity index (χ1) is 10.1. The normalized spacial score (nSPS) is 17.8. The van der Waals surface area contributed by atoms with E-state index in [1.54, 1.807) is 4.90 Å². The number of hydrogen-bond acceptors (Lipinski definition) is 5. The lowest BCUT2D eigenvalue weighted by Crippen LogP contribution is -2.29. The number of nitrogen functional groups attached to an aromatic ring is 1. The fourth-order valence-corrected chi connectivity index (χ4v) is 2.79. The maximum atomic E-state index is 12.5. The molecule has 7 nitrogen and oxygen atoms in total. The number of benzene rings is 1. The molecule has 1 fully saturated rings. The number of nitrogens with two attached hydrogens (primary N) is 1. The molecule has 0 aliphatic carbocycles. The van der Waals surface area contributed by atoms with Gasteiger partial charge in [-0.25, -0.2) is 0 Å². The third-order valence-corrected chi connectivity index (χ3v) is 3.86. The second kappa shape index (κ2) is 6.53. The van der Waals surface area contributed by atoms with Gasteiger partial charge in [0.2, 0.25) is 0 Å². The van der Waals surface area contributed by atoms with Crippen molar-refractivity contribution in [2.24, 2.45) is 11.8 Å². The number of likely N-dealkylation sites (tertiary alicyclic amines) is 1. The molecule has 3 N–H and O–H groups in total. The number of carbonyl (C=O) groups is 1. The number of nitrogens with zero attached hydrogens (tertiary/aromatic N) is 2. The van der Waals surface area contributed by atoms with Crippen molar-refractivity contribution in [3.63, 3.8) is 0 Å². The van der Waals surface area contributed by atoms with Crippen molar-refractivity contribution in [3.8, 4) is 0 Å². The van der Waals surface area contributed by atoms with Crippen LogP contribution < -0.4 is 11.3 Å². The smallest absolute Gasteiger partial charge is 0.282 e. The number of hydrogen-bond donors (Lipinski definition) is 2. The number of amides is 1. The van der Waals surface area contributed by atoms with E-state index < -0.39 is 4.92 Å². The molecule has 1 unspecified atom stereocenters. The van der Waals surface area contributed by atoms with E-state index in [0.29, 0.717) is 24.7 Å². The summed E-state index contributed by atoms with van der Waals surface area (Å²) in [5, 5.41) is 11.1. The Hall–Kier alpha value is -2.15. The third-order valence-electron chi connectivity index (χ3n) is 3.86. The largest absolute Gasteiger partial charge is 0.338 e. The molecule has 2 rings (SSSR count). The molecule has 1 atom stereocenters. The predicted molar refractivity (Wildman–Crippen MR) is 79.8 cm³/mol. The molecule has 0 radical (unpaired) electrons. The van der Waals surface area contributed by atoms with Crippen molar-refractivity contribution in [1.29, 1.82) is 0 Å². The summed E-state index contributed by atoms with van der Waals surface area (Å²) in [6.45, 7) is 3.44. The summed E-state index contributed by atoms with van der Waals surface area (Å²) >= 11 is 0. The highest BCUT2D eigenvalue weighted by Gasteiger charge is 2.30. The van der Waals surface area contributed by atoms with Gasteiger partial charge in [-0.1, -0.05) is 13.3 Å². The molecule has 21 heavy (non-hydrogen) atoms. The van der Waals surface area contributed by atoms with Crippen molar-refractivity contribution < 1.29 is 9.72 Å². The second-order valence-electron chi connectivity index (χ2n) is 5.33. The van der Waals surface area contributed by atoms with Gasteiger partial charge < -0.3 is 10.3 Å². The van der Waals surface area contributed by atoms with Crippen LogP contribution in [0.25, 0.3) is 0 Å². The van der Waals surface area contributed by atoms with Gasteiger partial charge in [-0.3, -0.25) is 20.8 Å². The van der Waals surface area contributed by atoms with Crippen molar-refractivity contribution in [2.75, 3.05) is 18.5 Å². The average Bonchev–Trinajstić information content (AvgIpc) is 2.94. The Bertz CT molecular complexity index is 547. The monoisotopic (exact) mass is 292 g/mol. The molecule has 0 saturated carbocycles. The first kappa shape index (κ1) is 15.2. The summed E-state index contributed by atoms with van der Waals surface area (Å²) < 4.78 is 0. The minimum atomic E-state index is -0.535. The average molecular weight is 292 g/mol. The van der Waals surface area contributed by atoms with Crippen LogP contribution in [-0.4, -0.2) is 28.8 Å². The van der Waals surface area contributed by atoms with Gasteiger partial charge in [-0.2, -0.15) is 0 Å². The summed E-state index contributed by atoms with van der Waals surface area (Å²) in [7, 11) is 0. The van der Waals surface area contributed by atoms with Crippen LogP contribution in [0.4, 0.5) is 11.4 Å². The molecule has 1 amide bonds. The van der Waals surface area contributed by atoms with Crippen molar-refractivity contribution in [3.05, 3.63) is 33.9 Å². The molecule has 114 valence electrons. The molecule has 1 aliphatic rings. The Morgan fingerprint density at radius 2 is 2.33 bits per heavy atom. The number of carbonyl (C=O) groups excluding carboxylic acids is 1. The maximum absolute atomic E-state index is 12.5. The fraction of sp³-hybridized carbons (Fsp3) is 0.500. The van der Waals surface area contributed by atoms with Crippen LogP contribution in [0.2, 0.25) is 0 Å². The summed E-state index contributed by atoms with van der Waals surface area (Å²) in [5.74, 6) is 5.52. The highest BCUT2D eigenvalue weighted by atomic mass is 16.6. The summed E-state index contributed by atoms with van der Waals surface area (Å²) in [4.78, 5) is 24.8. The van der Waals surface area contributed by atoms with Gasteiger partial charge in [-0.05, 0) is 30.9 Å². The number of rotatable bonds is 5. The summed E-state index contributed by atoms with van der Waals surface area (Å²) in [6, 6.07) is 4.23. The Balaban J connectivity index is 2.24. The fourth-order valence-electron chi connectivity index (χ4n) is 2.79. The summed E-state index contributed by atoms with van der Waals surface area (Å²) in [5.41, 5.74) is 2.80. The van der Waals surface area contributed by atoms with Gasteiger partial charge in [0.15, 0.2) is 0 Å². The lowest BCUT2D eigenvalue weighted by Gasteiger charge is -2.17. The minimum absolute atomic E-state index is 0.0904.